The van der Waals surface area contributed by atoms with Crippen molar-refractivity contribution in [2.24, 2.45) is 5.92 Å². The van der Waals surface area contributed by atoms with Gasteiger partial charge in [-0.1, -0.05) is 47.7 Å². The molecule has 0 fully saturated rings. The van der Waals surface area contributed by atoms with E-state index in [0.29, 0.717) is 17.9 Å². The number of nitrogens with one attached hydrogen (secondary N) is 2. The summed E-state index contributed by atoms with van der Waals surface area (Å²) < 4.78 is 10.9. The summed E-state index contributed by atoms with van der Waals surface area (Å²) in [5.74, 6) is -3.37. The van der Waals surface area contributed by atoms with Crippen molar-refractivity contribution in [1.29, 1.82) is 5.26 Å². The first-order chi connectivity index (χ1) is 17.7. The van der Waals surface area contributed by atoms with E-state index in [0.717, 1.165) is 34.1 Å². The van der Waals surface area contributed by atoms with Gasteiger partial charge in [0.05, 0.1) is 35.6 Å². The lowest BCUT2D eigenvalue weighted by Gasteiger charge is -2.32. The summed E-state index contributed by atoms with van der Waals surface area (Å²) in [6.45, 7) is 9.78. The molecule has 37 heavy (non-hydrogen) atoms. The van der Waals surface area contributed by atoms with Gasteiger partial charge >= 0.3 is 5.97 Å². The first kappa shape index (κ1) is 27.8. The van der Waals surface area contributed by atoms with Crippen LogP contribution in [0.25, 0.3) is 0 Å². The number of para-hydroxylation sites is 1. The fraction of sp³-hybridized carbons (Fsp3) is 0.357. The smallest absolute Gasteiger partial charge is 0.319 e. The number of allylic oxidation sites excluding steroid dienone is 1. The third-order valence-electron chi connectivity index (χ3n) is 5.91. The average Bonchev–Trinajstić information content (AvgIpc) is 2.85. The first-order valence-electron chi connectivity index (χ1n) is 12.1. The summed E-state index contributed by atoms with van der Waals surface area (Å²) in [7, 11) is 0. The van der Waals surface area contributed by atoms with Crippen molar-refractivity contribution in [1.82, 2.24) is 5.32 Å². The number of thioether (sulfide) groups is 1. The highest BCUT2D eigenvalue weighted by molar-refractivity contribution is 8.03. The van der Waals surface area contributed by atoms with Gasteiger partial charge in [-0.05, 0) is 51.8 Å². The van der Waals surface area contributed by atoms with Crippen molar-refractivity contribution in [3.05, 3.63) is 69.3 Å². The minimum Gasteiger partial charge on any atom is -0.494 e. The van der Waals surface area contributed by atoms with Gasteiger partial charge in [0, 0.05) is 17.2 Å². The highest BCUT2D eigenvalue weighted by Crippen LogP contribution is 2.43. The summed E-state index contributed by atoms with van der Waals surface area (Å²) in [6, 6.07) is 13.1. The summed E-state index contributed by atoms with van der Waals surface area (Å²) in [5.41, 5.74) is 4.44. The van der Waals surface area contributed by atoms with Gasteiger partial charge in [0.2, 0.25) is 11.8 Å². The van der Waals surface area contributed by atoms with Crippen molar-refractivity contribution in [2.75, 3.05) is 24.3 Å². The normalized spacial score (nSPS) is 17.0. The van der Waals surface area contributed by atoms with E-state index in [-0.39, 0.29) is 28.9 Å². The lowest BCUT2D eigenvalue weighted by molar-refractivity contribution is -0.152. The van der Waals surface area contributed by atoms with Gasteiger partial charge in [-0.2, -0.15) is 5.26 Å². The minimum atomic E-state index is -1.27. The van der Waals surface area contributed by atoms with Gasteiger partial charge in [-0.15, -0.1) is 0 Å². The molecule has 0 aliphatic carbocycles. The fourth-order valence-electron chi connectivity index (χ4n) is 4.48. The molecule has 0 saturated heterocycles. The number of carbonyl (C=O) groups is 3. The third kappa shape index (κ3) is 6.33. The average molecular weight is 522 g/mol. The first-order valence-corrected chi connectivity index (χ1v) is 13.0. The summed E-state index contributed by atoms with van der Waals surface area (Å²) in [6.07, 6.45) is 0. The Bertz CT molecular complexity index is 1260. The number of nitrogens with zero attached hydrogens (tertiary/aromatic N) is 1. The second kappa shape index (κ2) is 12.5. The van der Waals surface area contributed by atoms with E-state index in [4.69, 9.17) is 9.47 Å². The molecule has 1 aliphatic heterocycles. The molecule has 0 radical (unpaired) electrons. The number of carbonyl (C=O) groups excluding carboxylic acids is 3. The Balaban J connectivity index is 1.96. The lowest BCUT2D eigenvalue weighted by atomic mass is 9.78. The van der Waals surface area contributed by atoms with Gasteiger partial charge in [0.15, 0.2) is 0 Å². The maximum Gasteiger partial charge on any atom is 0.319 e. The molecule has 2 amide bonds. The van der Waals surface area contributed by atoms with Crippen LogP contribution in [0.3, 0.4) is 0 Å². The molecule has 1 heterocycles. The Labute approximate surface area is 221 Å². The molecule has 0 bridgehead atoms. The molecule has 0 saturated carbocycles. The molecule has 2 unspecified atom stereocenters. The van der Waals surface area contributed by atoms with E-state index < -0.39 is 23.7 Å². The monoisotopic (exact) mass is 521 g/mol. The van der Waals surface area contributed by atoms with Crippen molar-refractivity contribution in [3.8, 4) is 11.8 Å². The second-order valence-corrected chi connectivity index (χ2v) is 9.62. The molecule has 2 aromatic carbocycles. The van der Waals surface area contributed by atoms with Crippen LogP contribution in [-0.2, 0) is 19.1 Å². The summed E-state index contributed by atoms with van der Waals surface area (Å²) in [5, 5.41) is 16.0. The maximum absolute atomic E-state index is 13.2. The molecule has 0 aromatic heterocycles. The van der Waals surface area contributed by atoms with E-state index in [2.05, 4.69) is 16.7 Å². The molecular weight excluding hydrogens is 490 g/mol. The molecule has 3 rings (SSSR count). The number of hydrogen-bond donors (Lipinski definition) is 2. The lowest BCUT2D eigenvalue weighted by Crippen LogP contribution is -2.44. The maximum atomic E-state index is 13.2. The van der Waals surface area contributed by atoms with Crippen molar-refractivity contribution in [3.63, 3.8) is 0 Å². The highest BCUT2D eigenvalue weighted by Gasteiger charge is 2.45. The molecule has 1 aliphatic rings. The van der Waals surface area contributed by atoms with Gasteiger partial charge in [-0.25, -0.2) is 0 Å². The van der Waals surface area contributed by atoms with Crippen molar-refractivity contribution >= 4 is 35.2 Å². The Hall–Kier alpha value is -3.77. The van der Waals surface area contributed by atoms with Crippen LogP contribution < -0.4 is 15.4 Å². The number of benzene rings is 2. The number of amides is 2. The third-order valence-corrected chi connectivity index (χ3v) is 6.93. The van der Waals surface area contributed by atoms with Gasteiger partial charge in [0.1, 0.15) is 11.7 Å². The van der Waals surface area contributed by atoms with E-state index in [1.54, 1.807) is 31.2 Å². The number of rotatable bonds is 9. The Morgan fingerprint density at radius 3 is 2.41 bits per heavy atom. The Morgan fingerprint density at radius 1 is 1.11 bits per heavy atom. The zero-order valence-electron chi connectivity index (χ0n) is 21.6. The molecule has 8 nitrogen and oxygen atoms in total. The highest BCUT2D eigenvalue weighted by atomic mass is 32.2. The van der Waals surface area contributed by atoms with Crippen LogP contribution in [-0.4, -0.2) is 36.8 Å². The van der Waals surface area contributed by atoms with Gasteiger partial charge in [-0.3, -0.25) is 14.4 Å². The SMILES string of the molecule is CCOC(=O)C1C(=O)NC(SCC(=O)Nc2c(C)cc(C)cc2C)=C(C#N)C1c1ccccc1OCC. The van der Waals surface area contributed by atoms with Gasteiger partial charge < -0.3 is 20.1 Å². The predicted molar refractivity (Wildman–Crippen MR) is 143 cm³/mol. The number of anilines is 1. The number of esters is 1. The van der Waals surface area contributed by atoms with E-state index in [1.807, 2.05) is 39.8 Å². The number of hydrogen-bond acceptors (Lipinski definition) is 7. The molecule has 2 aromatic rings. The van der Waals surface area contributed by atoms with E-state index in [1.165, 1.54) is 0 Å². The van der Waals surface area contributed by atoms with Gasteiger partial charge in [0.25, 0.3) is 0 Å². The zero-order valence-corrected chi connectivity index (χ0v) is 22.5. The van der Waals surface area contributed by atoms with Crippen LogP contribution >= 0.6 is 11.8 Å². The zero-order chi connectivity index (χ0) is 27.1. The van der Waals surface area contributed by atoms with Crippen molar-refractivity contribution < 1.29 is 23.9 Å². The number of aryl methyl sites for hydroxylation is 3. The van der Waals surface area contributed by atoms with Crippen LogP contribution in [0.15, 0.2) is 47.0 Å². The molecule has 9 heteroatoms. The largest absolute Gasteiger partial charge is 0.494 e. The van der Waals surface area contributed by atoms with E-state index >= 15 is 0 Å². The van der Waals surface area contributed by atoms with Crippen LogP contribution in [0.1, 0.15) is 42.0 Å². The van der Waals surface area contributed by atoms with Crippen LogP contribution in [0.2, 0.25) is 0 Å². The quantitative estimate of drug-likeness (QED) is 0.368. The van der Waals surface area contributed by atoms with Crippen LogP contribution in [0.5, 0.6) is 5.75 Å². The second-order valence-electron chi connectivity index (χ2n) is 8.63. The topological polar surface area (TPSA) is 118 Å². The molecular formula is C28H31N3O5S. The molecule has 2 N–H and O–H groups in total. The Morgan fingerprint density at radius 2 is 1.78 bits per heavy atom. The fourth-order valence-corrected chi connectivity index (χ4v) is 5.32. The predicted octanol–water partition coefficient (Wildman–Crippen LogP) is 4.51. The van der Waals surface area contributed by atoms with E-state index in [9.17, 15) is 19.6 Å². The van der Waals surface area contributed by atoms with Crippen LogP contribution in [0, 0.1) is 38.0 Å². The number of ether oxygens (including phenoxy) is 2. The van der Waals surface area contributed by atoms with Crippen molar-refractivity contribution in [2.45, 2.75) is 40.5 Å². The summed E-state index contributed by atoms with van der Waals surface area (Å²) >= 11 is 1.04. The number of nitriles is 1. The molecule has 194 valence electrons. The Kier molecular flexibility index (Phi) is 9.36. The minimum absolute atomic E-state index is 0.0442. The van der Waals surface area contributed by atoms with Crippen LogP contribution in [0.4, 0.5) is 5.69 Å². The molecule has 0 spiro atoms. The molecule has 2 atom stereocenters. The standard InChI is InChI=1S/C28H31N3O5S/c1-6-35-21-11-9-8-10-19(21)23-20(14-29)27(31-26(33)24(23)28(34)36-7-2)37-15-22(32)30-25-17(4)12-16(3)13-18(25)5/h8-13,23-24H,6-7,15H2,1-5H3,(H,30,32)(H,31,33). The summed E-state index contributed by atoms with van der Waals surface area (Å²) in [4.78, 5) is 38.9.